The van der Waals surface area contributed by atoms with Gasteiger partial charge in [0, 0.05) is 5.69 Å². The lowest BCUT2D eigenvalue weighted by atomic mass is 10.1. The molecule has 0 aliphatic heterocycles. The van der Waals surface area contributed by atoms with Gasteiger partial charge in [-0.3, -0.25) is 0 Å². The quantitative estimate of drug-likeness (QED) is 0.750. The van der Waals surface area contributed by atoms with Crippen LogP contribution in [0.2, 0.25) is 0 Å². The minimum Gasteiger partial charge on any atom is -0.329 e. The number of carbonyl (C=O) groups is 1. The third kappa shape index (κ3) is 4.44. The van der Waals surface area contributed by atoms with E-state index in [0.717, 1.165) is 16.8 Å². The molecule has 6 heteroatoms. The Balaban J connectivity index is 1.72. The highest BCUT2D eigenvalue weighted by molar-refractivity contribution is 5.89. The molecule has 0 saturated carbocycles. The number of carbonyl (C=O) groups excluding carboxylic acids is 1. The van der Waals surface area contributed by atoms with E-state index in [4.69, 9.17) is 0 Å². The molecule has 0 aliphatic carbocycles. The van der Waals surface area contributed by atoms with Gasteiger partial charge in [-0.2, -0.15) is 15.0 Å². The van der Waals surface area contributed by atoms with Gasteiger partial charge < -0.3 is 10.6 Å². The molecule has 6 nitrogen and oxygen atoms in total. The zero-order valence-electron chi connectivity index (χ0n) is 14.3. The van der Waals surface area contributed by atoms with Gasteiger partial charge in [-0.1, -0.05) is 36.4 Å². The minimum absolute atomic E-state index is 0.236. The molecule has 128 valence electrons. The fourth-order valence-electron chi connectivity index (χ4n) is 2.57. The van der Waals surface area contributed by atoms with E-state index in [1.165, 1.54) is 5.56 Å². The number of aryl methyl sites for hydroxylation is 2. The summed E-state index contributed by atoms with van der Waals surface area (Å²) in [6.45, 7) is 4.52. The Morgan fingerprint density at radius 2 is 1.76 bits per heavy atom. The van der Waals surface area contributed by atoms with Crippen molar-refractivity contribution in [1.82, 2.24) is 20.3 Å². The lowest BCUT2D eigenvalue weighted by Crippen LogP contribution is -2.35. The molecule has 0 saturated heterocycles. The van der Waals surface area contributed by atoms with E-state index >= 15 is 0 Å². The smallest absolute Gasteiger partial charge is 0.319 e. The van der Waals surface area contributed by atoms with Gasteiger partial charge in [0.25, 0.3) is 0 Å². The van der Waals surface area contributed by atoms with Gasteiger partial charge in [-0.25, -0.2) is 4.79 Å². The summed E-state index contributed by atoms with van der Waals surface area (Å²) in [6.07, 6.45) is 3.24. The summed E-state index contributed by atoms with van der Waals surface area (Å²) < 4.78 is 0. The Bertz CT molecular complexity index is 830. The largest absolute Gasteiger partial charge is 0.329 e. The van der Waals surface area contributed by atoms with Crippen molar-refractivity contribution in [3.63, 3.8) is 0 Å². The van der Waals surface area contributed by atoms with Crippen LogP contribution < -0.4 is 10.6 Å². The van der Waals surface area contributed by atoms with E-state index in [0.29, 0.717) is 6.54 Å². The zero-order chi connectivity index (χ0) is 17.6. The molecule has 0 fully saturated rings. The molecule has 1 unspecified atom stereocenters. The van der Waals surface area contributed by atoms with E-state index in [1.807, 2.05) is 62.4 Å². The zero-order valence-corrected chi connectivity index (χ0v) is 14.3. The molecule has 1 aromatic heterocycles. The summed E-state index contributed by atoms with van der Waals surface area (Å²) >= 11 is 0. The van der Waals surface area contributed by atoms with E-state index in [-0.39, 0.29) is 12.1 Å². The standard InChI is InChI=1S/C19H21N5O/c1-14-8-9-17(12-15(14)2)22-19(25)23-18(13-24-20-10-11-21-24)16-6-4-3-5-7-16/h3-12,18H,13H2,1-2H3,(H2,22,23,25). The number of hydrogen-bond acceptors (Lipinski definition) is 3. The van der Waals surface area contributed by atoms with Gasteiger partial charge in [0.15, 0.2) is 0 Å². The van der Waals surface area contributed by atoms with Crippen molar-refractivity contribution >= 4 is 11.7 Å². The van der Waals surface area contributed by atoms with Crippen LogP contribution in [-0.2, 0) is 6.54 Å². The van der Waals surface area contributed by atoms with Crippen molar-refractivity contribution < 1.29 is 4.79 Å². The third-order valence-corrected chi connectivity index (χ3v) is 4.08. The second-order valence-electron chi connectivity index (χ2n) is 5.94. The van der Waals surface area contributed by atoms with Gasteiger partial charge in [-0.15, -0.1) is 0 Å². The summed E-state index contributed by atoms with van der Waals surface area (Å²) in [7, 11) is 0. The summed E-state index contributed by atoms with van der Waals surface area (Å²) in [4.78, 5) is 14.0. The highest BCUT2D eigenvalue weighted by atomic mass is 16.2. The van der Waals surface area contributed by atoms with Crippen LogP contribution in [0.15, 0.2) is 60.9 Å². The Hall–Kier alpha value is -3.15. The Morgan fingerprint density at radius 3 is 2.44 bits per heavy atom. The molecule has 0 bridgehead atoms. The maximum absolute atomic E-state index is 12.4. The van der Waals surface area contributed by atoms with Crippen LogP contribution in [0.25, 0.3) is 0 Å². The second kappa shape index (κ2) is 7.61. The maximum Gasteiger partial charge on any atom is 0.319 e. The fraction of sp³-hybridized carbons (Fsp3) is 0.211. The molecule has 3 aromatic rings. The lowest BCUT2D eigenvalue weighted by molar-refractivity contribution is 0.246. The van der Waals surface area contributed by atoms with Crippen LogP contribution in [0.5, 0.6) is 0 Å². The predicted octanol–water partition coefficient (Wildman–Crippen LogP) is 3.46. The molecule has 2 amide bonds. The molecule has 0 spiro atoms. The summed E-state index contributed by atoms with van der Waals surface area (Å²) in [5, 5.41) is 14.1. The topological polar surface area (TPSA) is 71.8 Å². The highest BCUT2D eigenvalue weighted by Crippen LogP contribution is 2.16. The number of amides is 2. The first-order valence-corrected chi connectivity index (χ1v) is 8.15. The molecule has 2 N–H and O–H groups in total. The van der Waals surface area contributed by atoms with E-state index in [9.17, 15) is 4.79 Å². The van der Waals surface area contributed by atoms with Crippen molar-refractivity contribution in [2.45, 2.75) is 26.4 Å². The van der Waals surface area contributed by atoms with Crippen LogP contribution in [0.1, 0.15) is 22.7 Å². The van der Waals surface area contributed by atoms with Crippen molar-refractivity contribution in [2.24, 2.45) is 0 Å². The van der Waals surface area contributed by atoms with Gasteiger partial charge in [-0.05, 0) is 42.7 Å². The van der Waals surface area contributed by atoms with Crippen LogP contribution in [0.3, 0.4) is 0 Å². The Labute approximate surface area is 146 Å². The van der Waals surface area contributed by atoms with Crippen molar-refractivity contribution in [1.29, 1.82) is 0 Å². The number of hydrogen-bond donors (Lipinski definition) is 2. The number of nitrogens with zero attached hydrogens (tertiary/aromatic N) is 3. The summed E-state index contributed by atoms with van der Waals surface area (Å²) in [5.41, 5.74) is 4.09. The molecule has 1 atom stereocenters. The average Bonchev–Trinajstić information content (AvgIpc) is 3.11. The first kappa shape index (κ1) is 16.7. The SMILES string of the molecule is Cc1ccc(NC(=O)NC(Cn2nccn2)c2ccccc2)cc1C. The first-order valence-electron chi connectivity index (χ1n) is 8.15. The minimum atomic E-state index is -0.260. The number of anilines is 1. The second-order valence-corrected chi connectivity index (χ2v) is 5.94. The monoisotopic (exact) mass is 335 g/mol. The van der Waals surface area contributed by atoms with Crippen molar-refractivity contribution in [3.05, 3.63) is 77.6 Å². The lowest BCUT2D eigenvalue weighted by Gasteiger charge is -2.19. The predicted molar refractivity (Wildman–Crippen MR) is 97.3 cm³/mol. The van der Waals surface area contributed by atoms with Crippen molar-refractivity contribution in [3.8, 4) is 0 Å². The van der Waals surface area contributed by atoms with Crippen LogP contribution >= 0.6 is 0 Å². The van der Waals surface area contributed by atoms with Gasteiger partial charge in [0.2, 0.25) is 0 Å². The van der Waals surface area contributed by atoms with Crippen LogP contribution in [0, 0.1) is 13.8 Å². The first-order chi connectivity index (χ1) is 12.1. The molecular weight excluding hydrogens is 314 g/mol. The van der Waals surface area contributed by atoms with Gasteiger partial charge in [0.1, 0.15) is 0 Å². The van der Waals surface area contributed by atoms with Crippen molar-refractivity contribution in [2.75, 3.05) is 5.32 Å². The number of urea groups is 1. The summed E-state index contributed by atoms with van der Waals surface area (Å²) in [6, 6.07) is 15.1. The number of benzene rings is 2. The third-order valence-electron chi connectivity index (χ3n) is 4.08. The van der Waals surface area contributed by atoms with Gasteiger partial charge in [0.05, 0.1) is 25.0 Å². The molecular formula is C19H21N5O. The molecule has 1 heterocycles. The summed E-state index contributed by atoms with van der Waals surface area (Å²) in [5.74, 6) is 0. The van der Waals surface area contributed by atoms with Gasteiger partial charge >= 0.3 is 6.03 Å². The molecule has 25 heavy (non-hydrogen) atoms. The molecule has 0 radical (unpaired) electrons. The number of aromatic nitrogens is 3. The highest BCUT2D eigenvalue weighted by Gasteiger charge is 2.16. The van der Waals surface area contributed by atoms with Crippen LogP contribution in [-0.4, -0.2) is 21.0 Å². The van der Waals surface area contributed by atoms with E-state index in [1.54, 1.807) is 17.2 Å². The van der Waals surface area contributed by atoms with E-state index in [2.05, 4.69) is 20.8 Å². The molecule has 2 aromatic carbocycles. The normalized spacial score (nSPS) is 11.8. The fourth-order valence-corrected chi connectivity index (χ4v) is 2.57. The number of nitrogens with one attached hydrogen (secondary N) is 2. The Kier molecular flexibility index (Phi) is 5.09. The van der Waals surface area contributed by atoms with Crippen LogP contribution in [0.4, 0.5) is 10.5 Å². The van der Waals surface area contributed by atoms with E-state index < -0.39 is 0 Å². The molecule has 3 rings (SSSR count). The average molecular weight is 335 g/mol. The maximum atomic E-state index is 12.4. The Morgan fingerprint density at radius 1 is 1.04 bits per heavy atom. The molecule has 0 aliphatic rings. The number of rotatable bonds is 5.